The number of benzene rings is 1. The zero-order valence-corrected chi connectivity index (χ0v) is 11.9. The van der Waals surface area contributed by atoms with Crippen LogP contribution in [-0.4, -0.2) is 34.2 Å². The molecule has 0 unspecified atom stereocenters. The van der Waals surface area contributed by atoms with Gasteiger partial charge in [0.2, 0.25) is 10.0 Å². The van der Waals surface area contributed by atoms with E-state index in [0.717, 1.165) is 12.8 Å². The zero-order chi connectivity index (χ0) is 14.2. The second-order valence-corrected chi connectivity index (χ2v) is 7.02. The predicted molar refractivity (Wildman–Crippen MR) is 73.3 cm³/mol. The summed E-state index contributed by atoms with van der Waals surface area (Å²) in [7, 11) is -3.51. The molecule has 1 aliphatic carbocycles. The fourth-order valence-electron chi connectivity index (χ4n) is 2.46. The average Bonchev–Trinajstić information content (AvgIpc) is 2.42. The van der Waals surface area contributed by atoms with Gasteiger partial charge in [0.15, 0.2) is 11.5 Å². The van der Waals surface area contributed by atoms with Crippen molar-refractivity contribution in [1.29, 1.82) is 0 Å². The van der Waals surface area contributed by atoms with Crippen molar-refractivity contribution in [3.63, 3.8) is 0 Å². The van der Waals surface area contributed by atoms with Gasteiger partial charge in [0.1, 0.15) is 13.2 Å². The molecular weight excluding hydrogens is 280 g/mol. The average molecular weight is 298 g/mol. The summed E-state index contributed by atoms with van der Waals surface area (Å²) >= 11 is 0. The fraction of sp³-hybridized carbons (Fsp3) is 0.538. The minimum atomic E-state index is -3.51. The number of nitrogens with one attached hydrogen (secondary N) is 1. The lowest BCUT2D eigenvalue weighted by Gasteiger charge is -2.32. The number of nitrogens with two attached hydrogens (primary N) is 1. The molecule has 1 heterocycles. The van der Waals surface area contributed by atoms with Crippen LogP contribution in [0.15, 0.2) is 23.1 Å². The third-order valence-electron chi connectivity index (χ3n) is 3.66. The van der Waals surface area contributed by atoms with Gasteiger partial charge in [0.25, 0.3) is 0 Å². The molecule has 0 bridgehead atoms. The van der Waals surface area contributed by atoms with E-state index in [2.05, 4.69) is 4.72 Å². The quantitative estimate of drug-likeness (QED) is 0.843. The first-order valence-electron chi connectivity index (χ1n) is 6.69. The molecule has 1 aromatic rings. The summed E-state index contributed by atoms with van der Waals surface area (Å²) in [5.41, 5.74) is 5.69. The Kier molecular flexibility index (Phi) is 3.57. The molecule has 3 rings (SSSR count). The minimum absolute atomic E-state index is 0.199. The summed E-state index contributed by atoms with van der Waals surface area (Å²) in [6.07, 6.45) is 1.76. The van der Waals surface area contributed by atoms with E-state index in [1.165, 1.54) is 12.1 Å². The van der Waals surface area contributed by atoms with Gasteiger partial charge >= 0.3 is 0 Å². The Morgan fingerprint density at radius 1 is 1.20 bits per heavy atom. The normalized spacial score (nSPS) is 25.1. The van der Waals surface area contributed by atoms with Crippen LogP contribution in [-0.2, 0) is 10.0 Å². The van der Waals surface area contributed by atoms with Gasteiger partial charge in [-0.25, -0.2) is 13.1 Å². The van der Waals surface area contributed by atoms with Crippen molar-refractivity contribution < 1.29 is 17.9 Å². The van der Waals surface area contributed by atoms with Gasteiger partial charge in [-0.15, -0.1) is 0 Å². The van der Waals surface area contributed by atoms with Crippen molar-refractivity contribution in [3.8, 4) is 11.5 Å². The second kappa shape index (κ2) is 5.23. The Bertz CT molecular complexity index is 596. The SMILES string of the molecule is NC1CC(CNS(=O)(=O)c2ccc3c(c2)OCCO3)C1. The Morgan fingerprint density at radius 2 is 1.90 bits per heavy atom. The first-order chi connectivity index (χ1) is 9.54. The van der Waals surface area contributed by atoms with E-state index in [1.54, 1.807) is 6.07 Å². The molecule has 1 aliphatic heterocycles. The molecule has 0 saturated heterocycles. The first kappa shape index (κ1) is 13.7. The number of ether oxygens (including phenoxy) is 2. The summed E-state index contributed by atoms with van der Waals surface area (Å²) in [5, 5.41) is 0. The smallest absolute Gasteiger partial charge is 0.240 e. The number of fused-ring (bicyclic) bond motifs is 1. The molecule has 110 valence electrons. The standard InChI is InChI=1S/C13H18N2O4S/c14-10-5-9(6-10)8-15-20(16,17)11-1-2-12-13(7-11)19-4-3-18-12/h1-2,7,9-10,15H,3-6,8,14H2. The van der Waals surface area contributed by atoms with Gasteiger partial charge in [-0.2, -0.15) is 0 Å². The van der Waals surface area contributed by atoms with Gasteiger partial charge in [-0.1, -0.05) is 0 Å². The highest BCUT2D eigenvalue weighted by Crippen LogP contribution is 2.32. The largest absolute Gasteiger partial charge is 0.486 e. The lowest BCUT2D eigenvalue weighted by Crippen LogP contribution is -2.42. The maximum Gasteiger partial charge on any atom is 0.240 e. The van der Waals surface area contributed by atoms with Crippen LogP contribution in [0.5, 0.6) is 11.5 Å². The maximum absolute atomic E-state index is 12.2. The van der Waals surface area contributed by atoms with Crippen LogP contribution in [0, 0.1) is 5.92 Å². The first-order valence-corrected chi connectivity index (χ1v) is 8.18. The van der Waals surface area contributed by atoms with Gasteiger partial charge in [0, 0.05) is 18.7 Å². The summed E-state index contributed by atoms with van der Waals surface area (Å²) in [6.45, 7) is 1.35. The summed E-state index contributed by atoms with van der Waals surface area (Å²) in [5.74, 6) is 1.40. The van der Waals surface area contributed by atoms with Crippen molar-refractivity contribution in [2.24, 2.45) is 11.7 Å². The second-order valence-electron chi connectivity index (χ2n) is 5.25. The van der Waals surface area contributed by atoms with E-state index in [-0.39, 0.29) is 10.9 Å². The van der Waals surface area contributed by atoms with Crippen molar-refractivity contribution >= 4 is 10.0 Å². The Labute approximate surface area is 118 Å². The van der Waals surface area contributed by atoms with Crippen LogP contribution < -0.4 is 19.9 Å². The van der Waals surface area contributed by atoms with E-state index in [9.17, 15) is 8.42 Å². The maximum atomic E-state index is 12.2. The molecule has 1 saturated carbocycles. The minimum Gasteiger partial charge on any atom is -0.486 e. The lowest BCUT2D eigenvalue weighted by atomic mass is 9.81. The molecule has 6 nitrogen and oxygen atoms in total. The van der Waals surface area contributed by atoms with Crippen LogP contribution in [0.25, 0.3) is 0 Å². The fourth-order valence-corrected chi connectivity index (χ4v) is 3.59. The Balaban J connectivity index is 1.70. The van der Waals surface area contributed by atoms with E-state index < -0.39 is 10.0 Å². The Morgan fingerprint density at radius 3 is 2.60 bits per heavy atom. The van der Waals surface area contributed by atoms with Gasteiger partial charge in [-0.3, -0.25) is 0 Å². The van der Waals surface area contributed by atoms with Crippen LogP contribution in [0.2, 0.25) is 0 Å². The molecule has 0 spiro atoms. The van der Waals surface area contributed by atoms with Gasteiger partial charge in [0.05, 0.1) is 4.90 Å². The van der Waals surface area contributed by atoms with E-state index in [4.69, 9.17) is 15.2 Å². The van der Waals surface area contributed by atoms with Crippen LogP contribution >= 0.6 is 0 Å². The van der Waals surface area contributed by atoms with Crippen molar-refractivity contribution in [2.45, 2.75) is 23.8 Å². The molecular formula is C13H18N2O4S. The predicted octanol–water partition coefficient (Wildman–Crippen LogP) is 0.473. The molecule has 0 amide bonds. The number of rotatable bonds is 4. The highest BCUT2D eigenvalue weighted by molar-refractivity contribution is 7.89. The molecule has 3 N–H and O–H groups in total. The van der Waals surface area contributed by atoms with Crippen molar-refractivity contribution in [1.82, 2.24) is 4.72 Å². The molecule has 1 aromatic carbocycles. The highest BCUT2D eigenvalue weighted by atomic mass is 32.2. The topological polar surface area (TPSA) is 90.7 Å². The monoisotopic (exact) mass is 298 g/mol. The highest BCUT2D eigenvalue weighted by Gasteiger charge is 2.27. The number of hydrogen-bond acceptors (Lipinski definition) is 5. The molecule has 20 heavy (non-hydrogen) atoms. The van der Waals surface area contributed by atoms with E-state index in [0.29, 0.717) is 37.2 Å². The lowest BCUT2D eigenvalue weighted by molar-refractivity contribution is 0.171. The number of hydrogen-bond donors (Lipinski definition) is 2. The number of sulfonamides is 1. The van der Waals surface area contributed by atoms with Crippen molar-refractivity contribution in [3.05, 3.63) is 18.2 Å². The summed E-state index contributed by atoms with van der Waals surface area (Å²) < 4.78 is 37.8. The molecule has 0 atom stereocenters. The van der Waals surface area contributed by atoms with Crippen LogP contribution in [0.1, 0.15) is 12.8 Å². The van der Waals surface area contributed by atoms with E-state index >= 15 is 0 Å². The molecule has 2 aliphatic rings. The van der Waals surface area contributed by atoms with Crippen LogP contribution in [0.3, 0.4) is 0 Å². The third kappa shape index (κ3) is 2.74. The van der Waals surface area contributed by atoms with E-state index in [1.807, 2.05) is 0 Å². The van der Waals surface area contributed by atoms with Crippen LogP contribution in [0.4, 0.5) is 0 Å². The van der Waals surface area contributed by atoms with Gasteiger partial charge in [-0.05, 0) is 30.9 Å². The zero-order valence-electron chi connectivity index (χ0n) is 11.0. The molecule has 0 radical (unpaired) electrons. The Hall–Kier alpha value is -1.31. The molecule has 0 aromatic heterocycles. The van der Waals surface area contributed by atoms with Crippen molar-refractivity contribution in [2.75, 3.05) is 19.8 Å². The molecule has 1 fully saturated rings. The summed E-state index contributed by atoms with van der Waals surface area (Å²) in [6, 6.07) is 4.88. The summed E-state index contributed by atoms with van der Waals surface area (Å²) in [4.78, 5) is 0.199. The molecule has 7 heteroatoms. The van der Waals surface area contributed by atoms with Gasteiger partial charge < -0.3 is 15.2 Å². The third-order valence-corrected chi connectivity index (χ3v) is 5.08.